The lowest BCUT2D eigenvalue weighted by Gasteiger charge is -2.09. The topological polar surface area (TPSA) is 65.7 Å². The molecule has 5 nitrogen and oxygen atoms in total. The lowest BCUT2D eigenvalue weighted by atomic mass is 10.0. The Morgan fingerprint density at radius 3 is 2.58 bits per heavy atom. The van der Waals surface area contributed by atoms with Crippen LogP contribution in [0.15, 0.2) is 56.1 Å². The number of esters is 1. The number of carbonyl (C=O) groups excluding carboxylic acids is 1. The minimum Gasteiger partial charge on any atom is -0.496 e. The normalized spacial score (nSPS) is 10.6. The summed E-state index contributed by atoms with van der Waals surface area (Å²) in [7, 11) is 1.54. The monoisotopic (exact) mass is 388 g/mol. The number of fused-ring (bicyclic) bond motifs is 1. The molecule has 0 aliphatic rings. The van der Waals surface area contributed by atoms with Gasteiger partial charge in [-0.2, -0.15) is 0 Å². The highest BCUT2D eigenvalue weighted by Crippen LogP contribution is 2.32. The van der Waals surface area contributed by atoms with Gasteiger partial charge in [0.25, 0.3) is 0 Å². The Kier molecular flexibility index (Phi) is 4.40. The molecule has 122 valence electrons. The van der Waals surface area contributed by atoms with Crippen molar-refractivity contribution in [1.29, 1.82) is 0 Å². The third-order valence-corrected chi connectivity index (χ3v) is 3.91. The average molecular weight is 389 g/mol. The van der Waals surface area contributed by atoms with Gasteiger partial charge < -0.3 is 13.9 Å². The van der Waals surface area contributed by atoms with Gasteiger partial charge in [-0.25, -0.2) is 4.79 Å². The Hall–Kier alpha value is -2.60. The minimum absolute atomic E-state index is 0.325. The summed E-state index contributed by atoms with van der Waals surface area (Å²) < 4.78 is 16.5. The molecule has 0 bridgehead atoms. The molecule has 0 aliphatic carbocycles. The molecule has 0 saturated carbocycles. The fourth-order valence-corrected chi connectivity index (χ4v) is 2.76. The molecule has 0 radical (unpaired) electrons. The van der Waals surface area contributed by atoms with Crippen molar-refractivity contribution in [3.8, 4) is 22.6 Å². The van der Waals surface area contributed by atoms with Crippen LogP contribution in [-0.4, -0.2) is 13.1 Å². The van der Waals surface area contributed by atoms with E-state index in [1.54, 1.807) is 37.4 Å². The van der Waals surface area contributed by atoms with Crippen molar-refractivity contribution in [3.05, 3.63) is 57.4 Å². The number of rotatable bonds is 3. The van der Waals surface area contributed by atoms with Gasteiger partial charge in [-0.15, -0.1) is 0 Å². The SMILES string of the molecule is COc1ccc(Br)cc1-c1cc2ccc(OC(C)=O)cc2oc1=O. The molecule has 3 aromatic rings. The van der Waals surface area contributed by atoms with Gasteiger partial charge >= 0.3 is 11.6 Å². The zero-order chi connectivity index (χ0) is 17.3. The van der Waals surface area contributed by atoms with Gasteiger partial charge in [-0.05, 0) is 36.4 Å². The van der Waals surface area contributed by atoms with E-state index < -0.39 is 11.6 Å². The summed E-state index contributed by atoms with van der Waals surface area (Å²) in [6.07, 6.45) is 0. The molecule has 3 rings (SSSR count). The van der Waals surface area contributed by atoms with Crippen molar-refractivity contribution in [2.45, 2.75) is 6.92 Å². The van der Waals surface area contributed by atoms with E-state index in [-0.39, 0.29) is 0 Å². The van der Waals surface area contributed by atoms with E-state index in [2.05, 4.69) is 15.9 Å². The Bertz CT molecular complexity index is 990. The van der Waals surface area contributed by atoms with Crippen molar-refractivity contribution in [2.24, 2.45) is 0 Å². The largest absolute Gasteiger partial charge is 0.496 e. The van der Waals surface area contributed by atoms with E-state index in [4.69, 9.17) is 13.9 Å². The maximum absolute atomic E-state index is 12.4. The minimum atomic E-state index is -0.501. The Morgan fingerprint density at radius 2 is 1.88 bits per heavy atom. The Labute approximate surface area is 145 Å². The molecule has 0 spiro atoms. The summed E-state index contributed by atoms with van der Waals surface area (Å²) in [6.45, 7) is 1.31. The molecule has 0 unspecified atom stereocenters. The second kappa shape index (κ2) is 6.49. The molecule has 6 heteroatoms. The summed E-state index contributed by atoms with van der Waals surface area (Å²) in [4.78, 5) is 23.4. The smallest absolute Gasteiger partial charge is 0.344 e. The zero-order valence-electron chi connectivity index (χ0n) is 13.0. The first-order chi connectivity index (χ1) is 11.5. The van der Waals surface area contributed by atoms with Gasteiger partial charge in [-0.3, -0.25) is 4.79 Å². The number of hydrogen-bond donors (Lipinski definition) is 0. The van der Waals surface area contributed by atoms with Gasteiger partial charge in [0.1, 0.15) is 17.1 Å². The van der Waals surface area contributed by atoms with Crippen LogP contribution < -0.4 is 15.1 Å². The van der Waals surface area contributed by atoms with E-state index in [1.165, 1.54) is 13.0 Å². The van der Waals surface area contributed by atoms with Crippen LogP contribution in [0.5, 0.6) is 11.5 Å². The average Bonchev–Trinajstić information content (AvgIpc) is 2.53. The Balaban J connectivity index is 2.17. The molecule has 0 aliphatic heterocycles. The lowest BCUT2D eigenvalue weighted by molar-refractivity contribution is -0.131. The van der Waals surface area contributed by atoms with Gasteiger partial charge in [0.15, 0.2) is 0 Å². The van der Waals surface area contributed by atoms with Crippen LogP contribution in [0, 0.1) is 0 Å². The number of benzene rings is 2. The third-order valence-electron chi connectivity index (χ3n) is 3.42. The van der Waals surface area contributed by atoms with Crippen molar-refractivity contribution >= 4 is 32.9 Å². The molecular formula is C18H13BrO5. The number of halogens is 1. The van der Waals surface area contributed by atoms with Crippen LogP contribution >= 0.6 is 15.9 Å². The van der Waals surface area contributed by atoms with Crippen LogP contribution in [-0.2, 0) is 4.79 Å². The fraction of sp³-hybridized carbons (Fsp3) is 0.111. The molecular weight excluding hydrogens is 376 g/mol. The zero-order valence-corrected chi connectivity index (χ0v) is 14.5. The molecule has 0 fully saturated rings. The molecule has 1 heterocycles. The summed E-state index contributed by atoms with van der Waals surface area (Å²) in [6, 6.07) is 12.0. The molecule has 1 aromatic heterocycles. The molecule has 0 saturated heterocycles. The summed E-state index contributed by atoms with van der Waals surface area (Å²) >= 11 is 3.39. The molecule has 2 aromatic carbocycles. The first kappa shape index (κ1) is 16.3. The molecule has 0 atom stereocenters. The van der Waals surface area contributed by atoms with Crippen molar-refractivity contribution in [1.82, 2.24) is 0 Å². The standard InChI is InChI=1S/C18H13BrO5/c1-10(20)23-13-5-3-11-7-15(18(21)24-17(11)9-13)14-8-12(19)4-6-16(14)22-2/h3-9H,1-2H3. The second-order valence-corrected chi connectivity index (χ2v) is 6.00. The lowest BCUT2D eigenvalue weighted by Crippen LogP contribution is -2.05. The van der Waals surface area contributed by atoms with E-state index >= 15 is 0 Å². The van der Waals surface area contributed by atoms with Gasteiger partial charge in [0.2, 0.25) is 0 Å². The van der Waals surface area contributed by atoms with Crippen LogP contribution in [0.4, 0.5) is 0 Å². The third kappa shape index (κ3) is 3.19. The van der Waals surface area contributed by atoms with Crippen molar-refractivity contribution in [3.63, 3.8) is 0 Å². The predicted octanol–water partition coefficient (Wildman–Crippen LogP) is 4.16. The van der Waals surface area contributed by atoms with Gasteiger partial charge in [0, 0.05) is 28.4 Å². The van der Waals surface area contributed by atoms with Crippen molar-refractivity contribution < 1.29 is 18.7 Å². The van der Waals surface area contributed by atoms with Crippen LogP contribution in [0.1, 0.15) is 6.92 Å². The number of ether oxygens (including phenoxy) is 2. The van der Waals surface area contributed by atoms with Gasteiger partial charge in [0.05, 0.1) is 12.7 Å². The first-order valence-corrected chi connectivity index (χ1v) is 7.87. The number of methoxy groups -OCH3 is 1. The summed E-state index contributed by atoms with van der Waals surface area (Å²) in [5.74, 6) is 0.458. The van der Waals surface area contributed by atoms with Crippen molar-refractivity contribution in [2.75, 3.05) is 7.11 Å². The molecule has 0 N–H and O–H groups in total. The predicted molar refractivity (Wildman–Crippen MR) is 93.5 cm³/mol. The highest BCUT2D eigenvalue weighted by molar-refractivity contribution is 9.10. The maximum atomic E-state index is 12.4. The number of carbonyl (C=O) groups is 1. The van der Waals surface area contributed by atoms with Crippen LogP contribution in [0.2, 0.25) is 0 Å². The van der Waals surface area contributed by atoms with Gasteiger partial charge in [-0.1, -0.05) is 15.9 Å². The highest BCUT2D eigenvalue weighted by Gasteiger charge is 2.14. The summed E-state index contributed by atoms with van der Waals surface area (Å²) in [5, 5.41) is 0.711. The molecule has 0 amide bonds. The van der Waals surface area contributed by atoms with E-state index in [0.717, 1.165) is 4.47 Å². The number of hydrogen-bond acceptors (Lipinski definition) is 5. The quantitative estimate of drug-likeness (QED) is 0.383. The van der Waals surface area contributed by atoms with Crippen LogP contribution in [0.25, 0.3) is 22.1 Å². The van der Waals surface area contributed by atoms with E-state index in [0.29, 0.717) is 33.6 Å². The van der Waals surface area contributed by atoms with Crippen LogP contribution in [0.3, 0.4) is 0 Å². The van der Waals surface area contributed by atoms with E-state index in [9.17, 15) is 9.59 Å². The second-order valence-electron chi connectivity index (χ2n) is 5.09. The van der Waals surface area contributed by atoms with E-state index in [1.807, 2.05) is 6.07 Å². The molecule has 24 heavy (non-hydrogen) atoms. The fourth-order valence-electron chi connectivity index (χ4n) is 2.40. The first-order valence-electron chi connectivity index (χ1n) is 7.08. The maximum Gasteiger partial charge on any atom is 0.344 e. The Morgan fingerprint density at radius 1 is 1.08 bits per heavy atom. The summed E-state index contributed by atoms with van der Waals surface area (Å²) in [5.41, 5.74) is 0.864. The highest BCUT2D eigenvalue weighted by atomic mass is 79.9.